The van der Waals surface area contributed by atoms with Crippen molar-refractivity contribution in [2.75, 3.05) is 5.32 Å². The number of anilines is 1. The number of carboxylic acids is 1. The minimum atomic E-state index is -1.06. The molecule has 1 rings (SSSR count). The summed E-state index contributed by atoms with van der Waals surface area (Å²) in [5.41, 5.74) is 0.766. The van der Waals surface area contributed by atoms with E-state index in [4.69, 9.17) is 5.11 Å². The van der Waals surface area contributed by atoms with Crippen molar-refractivity contribution in [1.82, 2.24) is 15.1 Å². The Balaban J connectivity index is 2.78. The molecule has 0 aliphatic rings. The number of carbonyl (C=O) groups is 2. The van der Waals surface area contributed by atoms with Crippen LogP contribution in [0.3, 0.4) is 0 Å². The first-order valence-electron chi connectivity index (χ1n) is 6.48. The van der Waals surface area contributed by atoms with E-state index in [2.05, 4.69) is 15.7 Å². The molecule has 1 atom stereocenters. The van der Waals surface area contributed by atoms with Crippen LogP contribution in [0.15, 0.2) is 6.20 Å². The van der Waals surface area contributed by atoms with Gasteiger partial charge in [-0.05, 0) is 11.8 Å². The fourth-order valence-corrected chi connectivity index (χ4v) is 1.84. The molecule has 3 N–H and O–H groups in total. The number of nitrogens with one attached hydrogen (secondary N) is 2. The van der Waals surface area contributed by atoms with Crippen molar-refractivity contribution < 1.29 is 14.7 Å². The smallest absolute Gasteiger partial charge is 0.326 e. The molecule has 1 unspecified atom stereocenters. The second kappa shape index (κ2) is 5.94. The zero-order valence-corrected chi connectivity index (χ0v) is 12.5. The fraction of sp³-hybridized carbons (Fsp3) is 0.615. The molecule has 7 nitrogen and oxygen atoms in total. The molecule has 112 valence electrons. The molecule has 2 amide bonds. The first-order chi connectivity index (χ1) is 9.15. The van der Waals surface area contributed by atoms with Crippen LogP contribution in [0.25, 0.3) is 0 Å². The summed E-state index contributed by atoms with van der Waals surface area (Å²) in [5.74, 6) is -1.06. The van der Waals surface area contributed by atoms with Crippen molar-refractivity contribution in [3.8, 4) is 0 Å². The predicted octanol–water partition coefficient (Wildman–Crippen LogP) is 1.60. The van der Waals surface area contributed by atoms with Crippen molar-refractivity contribution in [1.29, 1.82) is 0 Å². The molecule has 0 radical (unpaired) electrons. The maximum absolute atomic E-state index is 11.9. The lowest BCUT2D eigenvalue weighted by Gasteiger charge is -2.27. The van der Waals surface area contributed by atoms with Crippen LogP contribution in [0.2, 0.25) is 0 Å². The van der Waals surface area contributed by atoms with Gasteiger partial charge in [0.25, 0.3) is 0 Å². The van der Waals surface area contributed by atoms with Crippen molar-refractivity contribution >= 4 is 17.7 Å². The van der Waals surface area contributed by atoms with Gasteiger partial charge < -0.3 is 15.7 Å². The molecule has 1 aromatic rings. The number of nitrogens with zero attached hydrogens (tertiary/aromatic N) is 2. The van der Waals surface area contributed by atoms with Crippen molar-refractivity contribution in [3.05, 3.63) is 11.9 Å². The number of aliphatic carboxylic acids is 1. The van der Waals surface area contributed by atoms with Gasteiger partial charge in [0, 0.05) is 13.2 Å². The topological polar surface area (TPSA) is 96.3 Å². The van der Waals surface area contributed by atoms with Gasteiger partial charge in [0.05, 0.1) is 11.4 Å². The summed E-state index contributed by atoms with van der Waals surface area (Å²) < 4.78 is 1.60. The van der Waals surface area contributed by atoms with Crippen LogP contribution in [0, 0.1) is 5.41 Å². The third-order valence-electron chi connectivity index (χ3n) is 2.88. The number of hydrogen-bond acceptors (Lipinski definition) is 3. The van der Waals surface area contributed by atoms with E-state index >= 15 is 0 Å². The molecule has 0 aliphatic heterocycles. The minimum Gasteiger partial charge on any atom is -0.480 e. The summed E-state index contributed by atoms with van der Waals surface area (Å²) in [7, 11) is 1.76. The molecule has 1 aromatic heterocycles. The Morgan fingerprint density at radius 3 is 2.50 bits per heavy atom. The number of amides is 2. The van der Waals surface area contributed by atoms with E-state index in [0.29, 0.717) is 12.1 Å². The van der Waals surface area contributed by atoms with Gasteiger partial charge >= 0.3 is 12.0 Å². The Morgan fingerprint density at radius 1 is 1.45 bits per heavy atom. The van der Waals surface area contributed by atoms with E-state index < -0.39 is 23.5 Å². The molecule has 1 heterocycles. The predicted molar refractivity (Wildman–Crippen MR) is 75.6 cm³/mol. The van der Waals surface area contributed by atoms with Gasteiger partial charge in [-0.1, -0.05) is 27.7 Å². The highest BCUT2D eigenvalue weighted by Gasteiger charge is 2.32. The van der Waals surface area contributed by atoms with Crippen LogP contribution in [0.1, 0.15) is 33.4 Å². The third kappa shape index (κ3) is 3.97. The molecule has 0 saturated carbocycles. The molecular formula is C13H22N4O3. The molecule has 0 spiro atoms. The lowest BCUT2D eigenvalue weighted by Crippen LogP contribution is -2.50. The Kier molecular flexibility index (Phi) is 4.75. The Labute approximate surface area is 118 Å². The summed E-state index contributed by atoms with van der Waals surface area (Å²) in [6, 6.07) is -1.51. The van der Waals surface area contributed by atoms with Crippen molar-refractivity contribution in [3.63, 3.8) is 0 Å². The highest BCUT2D eigenvalue weighted by Crippen LogP contribution is 2.20. The SMILES string of the molecule is CCc1nn(C)cc1NC(=O)NC(C(=O)O)C(C)(C)C. The van der Waals surface area contributed by atoms with E-state index in [9.17, 15) is 9.59 Å². The second-order valence-corrected chi connectivity index (χ2v) is 5.75. The number of rotatable bonds is 4. The monoisotopic (exact) mass is 282 g/mol. The van der Waals surface area contributed by atoms with Gasteiger partial charge in [-0.15, -0.1) is 0 Å². The maximum atomic E-state index is 11.9. The number of hydrogen-bond donors (Lipinski definition) is 3. The molecule has 0 aliphatic carbocycles. The van der Waals surface area contributed by atoms with Gasteiger partial charge in [-0.25, -0.2) is 9.59 Å². The van der Waals surface area contributed by atoms with Gasteiger partial charge in [0.15, 0.2) is 0 Å². The second-order valence-electron chi connectivity index (χ2n) is 5.75. The number of carboxylic acid groups (broad SMARTS) is 1. The van der Waals surface area contributed by atoms with Crippen LogP contribution in [-0.2, 0) is 18.3 Å². The largest absolute Gasteiger partial charge is 0.480 e. The Morgan fingerprint density at radius 2 is 2.05 bits per heavy atom. The molecule has 7 heteroatoms. The standard InChI is InChI=1S/C13H22N4O3/c1-6-8-9(7-17(5)16-8)14-12(20)15-10(11(18)19)13(2,3)4/h7,10H,6H2,1-5H3,(H,18,19)(H2,14,15,20). The Bertz CT molecular complexity index is 502. The summed E-state index contributed by atoms with van der Waals surface area (Å²) in [6.07, 6.45) is 2.36. The summed E-state index contributed by atoms with van der Waals surface area (Å²) in [4.78, 5) is 23.1. The average Bonchev–Trinajstić information content (AvgIpc) is 2.64. The number of aromatic nitrogens is 2. The van der Waals surface area contributed by atoms with E-state index in [1.807, 2.05) is 6.92 Å². The number of urea groups is 1. The average molecular weight is 282 g/mol. The third-order valence-corrected chi connectivity index (χ3v) is 2.88. The number of carbonyl (C=O) groups excluding carboxylic acids is 1. The first-order valence-corrected chi connectivity index (χ1v) is 6.48. The zero-order chi connectivity index (χ0) is 15.5. The van der Waals surface area contributed by atoms with Crippen molar-refractivity contribution in [2.45, 2.75) is 40.2 Å². The Hall–Kier alpha value is -2.05. The van der Waals surface area contributed by atoms with Gasteiger partial charge in [-0.3, -0.25) is 4.68 Å². The quantitative estimate of drug-likeness (QED) is 0.781. The first kappa shape index (κ1) is 16.0. The molecule has 0 saturated heterocycles. The maximum Gasteiger partial charge on any atom is 0.326 e. The molecule has 0 fully saturated rings. The van der Waals surface area contributed by atoms with Crippen molar-refractivity contribution in [2.24, 2.45) is 12.5 Å². The highest BCUT2D eigenvalue weighted by atomic mass is 16.4. The number of aryl methyl sites for hydroxylation is 2. The lowest BCUT2D eigenvalue weighted by molar-refractivity contribution is -0.141. The van der Waals surface area contributed by atoms with Crippen LogP contribution in [-0.4, -0.2) is 32.9 Å². The van der Waals surface area contributed by atoms with E-state index in [-0.39, 0.29) is 0 Å². The van der Waals surface area contributed by atoms with Gasteiger partial charge in [-0.2, -0.15) is 5.10 Å². The van der Waals surface area contributed by atoms with Crippen LogP contribution >= 0.6 is 0 Å². The van der Waals surface area contributed by atoms with Crippen LogP contribution in [0.5, 0.6) is 0 Å². The lowest BCUT2D eigenvalue weighted by atomic mass is 9.87. The minimum absolute atomic E-state index is 0.546. The molecule has 0 aromatic carbocycles. The molecule has 0 bridgehead atoms. The molecule has 20 heavy (non-hydrogen) atoms. The van der Waals surface area contributed by atoms with E-state index in [0.717, 1.165) is 5.69 Å². The van der Waals surface area contributed by atoms with Gasteiger partial charge in [0.2, 0.25) is 0 Å². The summed E-state index contributed by atoms with van der Waals surface area (Å²) in [5, 5.41) is 18.5. The summed E-state index contributed by atoms with van der Waals surface area (Å²) in [6.45, 7) is 7.20. The molecular weight excluding hydrogens is 260 g/mol. The normalized spacial score (nSPS) is 12.8. The zero-order valence-electron chi connectivity index (χ0n) is 12.5. The van der Waals surface area contributed by atoms with E-state index in [1.54, 1.807) is 38.7 Å². The van der Waals surface area contributed by atoms with E-state index in [1.165, 1.54) is 0 Å². The van der Waals surface area contributed by atoms with Crippen LogP contribution < -0.4 is 10.6 Å². The fourth-order valence-electron chi connectivity index (χ4n) is 1.84. The summed E-state index contributed by atoms with van der Waals surface area (Å²) >= 11 is 0. The van der Waals surface area contributed by atoms with Crippen LogP contribution in [0.4, 0.5) is 10.5 Å². The highest BCUT2D eigenvalue weighted by molar-refractivity contribution is 5.92. The van der Waals surface area contributed by atoms with Gasteiger partial charge in [0.1, 0.15) is 6.04 Å².